The largest absolute Gasteiger partial charge is 0.419 e. The Morgan fingerprint density at radius 1 is 1.19 bits per heavy atom. The van der Waals surface area contributed by atoms with Gasteiger partial charge in [0, 0.05) is 44.8 Å². The Morgan fingerprint density at radius 3 is 2.56 bits per heavy atom. The van der Waals surface area contributed by atoms with Crippen LogP contribution < -0.4 is 4.90 Å². The highest BCUT2D eigenvalue weighted by Gasteiger charge is 2.46. The first-order valence-electron chi connectivity index (χ1n) is 10.0. The number of aromatic nitrogens is 3. The summed E-state index contributed by atoms with van der Waals surface area (Å²) < 4.78 is 11.1. The van der Waals surface area contributed by atoms with Gasteiger partial charge in [0.1, 0.15) is 17.1 Å². The first-order valence-corrected chi connectivity index (χ1v) is 10.4. The van der Waals surface area contributed by atoms with Crippen molar-refractivity contribution < 1.29 is 19.1 Å². The third kappa shape index (κ3) is 3.35. The molecule has 5 rings (SSSR count). The molecule has 0 spiro atoms. The topological polar surface area (TPSA) is 101 Å². The van der Waals surface area contributed by atoms with E-state index in [9.17, 15) is 9.59 Å². The molecule has 2 aromatic heterocycles. The van der Waals surface area contributed by atoms with Crippen molar-refractivity contribution in [3.05, 3.63) is 47.1 Å². The van der Waals surface area contributed by atoms with Gasteiger partial charge in [-0.25, -0.2) is 19.7 Å². The zero-order chi connectivity index (χ0) is 22.3. The predicted octanol–water partition coefficient (Wildman–Crippen LogP) is 1.34. The van der Waals surface area contributed by atoms with Crippen LogP contribution in [0.4, 0.5) is 10.6 Å². The number of carbonyl (C=O) groups excluding carboxylic acids is 2. The van der Waals surface area contributed by atoms with Gasteiger partial charge in [-0.1, -0.05) is 17.5 Å². The van der Waals surface area contributed by atoms with Crippen molar-refractivity contribution in [1.29, 1.82) is 0 Å². The van der Waals surface area contributed by atoms with Crippen LogP contribution in [0.1, 0.15) is 22.4 Å². The lowest BCUT2D eigenvalue weighted by Crippen LogP contribution is -2.65. The Labute approximate surface area is 189 Å². The van der Waals surface area contributed by atoms with Gasteiger partial charge in [0.15, 0.2) is 5.69 Å². The van der Waals surface area contributed by atoms with Crippen LogP contribution in [0.3, 0.4) is 0 Å². The SMILES string of the molecule is C#CC1(N2CCN(C(=O)O[C@H]3c4nccnc4C(=O)N3c3ccc(Cl)cn3)CC2)COC1. The molecule has 0 aromatic carbocycles. The second-order valence-corrected chi connectivity index (χ2v) is 8.12. The Bertz CT molecular complexity index is 1090. The molecule has 0 radical (unpaired) electrons. The number of halogens is 1. The standard InChI is InChI=1S/C21H19ClN6O4/c1-2-21(12-31-13-21)27-9-7-26(8-10-27)20(30)32-19-17-16(23-5-6-24-17)18(29)28(19)15-4-3-14(22)11-25-15/h1,3-6,11,19H,7-10,12-13H2/t19-/m0/s1. The zero-order valence-corrected chi connectivity index (χ0v) is 17.7. The van der Waals surface area contributed by atoms with E-state index in [2.05, 4.69) is 25.8 Å². The summed E-state index contributed by atoms with van der Waals surface area (Å²) in [5.74, 6) is 2.65. The van der Waals surface area contributed by atoms with E-state index in [4.69, 9.17) is 27.5 Å². The normalized spacial score (nSPS) is 22.1. The van der Waals surface area contributed by atoms with Gasteiger partial charge in [-0.2, -0.15) is 0 Å². The van der Waals surface area contributed by atoms with Crippen molar-refractivity contribution in [2.75, 3.05) is 44.3 Å². The Balaban J connectivity index is 1.33. The van der Waals surface area contributed by atoms with E-state index in [1.54, 1.807) is 17.0 Å². The van der Waals surface area contributed by atoms with Crippen LogP contribution in [0.2, 0.25) is 5.02 Å². The molecule has 2 aromatic rings. The second-order valence-electron chi connectivity index (χ2n) is 7.68. The van der Waals surface area contributed by atoms with E-state index in [0.29, 0.717) is 44.4 Å². The second kappa shape index (κ2) is 8.02. The minimum absolute atomic E-state index is 0.118. The monoisotopic (exact) mass is 454 g/mol. The number of hydrogen-bond donors (Lipinski definition) is 0. The van der Waals surface area contributed by atoms with Gasteiger partial charge in [0.2, 0.25) is 6.23 Å². The number of amides is 2. The number of anilines is 1. The molecule has 5 heterocycles. The zero-order valence-electron chi connectivity index (χ0n) is 17.0. The molecular weight excluding hydrogens is 436 g/mol. The molecule has 2 amide bonds. The van der Waals surface area contributed by atoms with Gasteiger partial charge in [0.25, 0.3) is 5.91 Å². The molecular formula is C21H19ClN6O4. The average Bonchev–Trinajstić information content (AvgIpc) is 3.06. The van der Waals surface area contributed by atoms with Crippen LogP contribution in [0, 0.1) is 12.3 Å². The van der Waals surface area contributed by atoms with E-state index in [1.807, 2.05) is 0 Å². The van der Waals surface area contributed by atoms with Crippen LogP contribution in [-0.4, -0.2) is 81.7 Å². The molecule has 3 aliphatic rings. The van der Waals surface area contributed by atoms with E-state index < -0.39 is 18.2 Å². The summed E-state index contributed by atoms with van der Waals surface area (Å²) in [6.07, 6.45) is 8.34. The van der Waals surface area contributed by atoms with Crippen molar-refractivity contribution in [3.8, 4) is 12.3 Å². The molecule has 0 bridgehead atoms. The lowest BCUT2D eigenvalue weighted by atomic mass is 9.95. The Hall–Kier alpha value is -3.26. The van der Waals surface area contributed by atoms with Crippen LogP contribution in [0.5, 0.6) is 0 Å². The molecule has 3 aliphatic heterocycles. The summed E-state index contributed by atoms with van der Waals surface area (Å²) in [7, 11) is 0. The van der Waals surface area contributed by atoms with Crippen molar-refractivity contribution in [1.82, 2.24) is 24.8 Å². The summed E-state index contributed by atoms with van der Waals surface area (Å²) in [6.45, 7) is 3.08. The number of rotatable bonds is 3. The summed E-state index contributed by atoms with van der Waals surface area (Å²) in [4.78, 5) is 43.5. The van der Waals surface area contributed by atoms with Gasteiger partial charge in [-0.05, 0) is 12.1 Å². The van der Waals surface area contributed by atoms with Gasteiger partial charge in [0.05, 0.1) is 18.2 Å². The summed E-state index contributed by atoms with van der Waals surface area (Å²) in [5, 5.41) is 0.419. The molecule has 32 heavy (non-hydrogen) atoms. The van der Waals surface area contributed by atoms with E-state index in [-0.39, 0.29) is 22.7 Å². The maximum atomic E-state index is 13.0. The Morgan fingerprint density at radius 2 is 1.94 bits per heavy atom. The maximum absolute atomic E-state index is 13.0. The molecule has 164 valence electrons. The number of piperazine rings is 1. The number of hydrogen-bond acceptors (Lipinski definition) is 8. The van der Waals surface area contributed by atoms with E-state index in [1.165, 1.54) is 23.5 Å². The number of pyridine rings is 1. The molecule has 2 fully saturated rings. The molecule has 1 atom stereocenters. The van der Waals surface area contributed by atoms with Gasteiger partial charge >= 0.3 is 6.09 Å². The van der Waals surface area contributed by atoms with Crippen molar-refractivity contribution in [2.45, 2.75) is 11.8 Å². The highest BCUT2D eigenvalue weighted by molar-refractivity contribution is 6.30. The molecule has 0 aliphatic carbocycles. The lowest BCUT2D eigenvalue weighted by molar-refractivity contribution is -0.116. The molecule has 10 nitrogen and oxygen atoms in total. The predicted molar refractivity (Wildman–Crippen MR) is 113 cm³/mol. The molecule has 0 N–H and O–H groups in total. The van der Waals surface area contributed by atoms with Crippen LogP contribution in [0.25, 0.3) is 0 Å². The first-order chi connectivity index (χ1) is 15.5. The van der Waals surface area contributed by atoms with Crippen molar-refractivity contribution in [3.63, 3.8) is 0 Å². The number of carbonyl (C=O) groups is 2. The van der Waals surface area contributed by atoms with Crippen LogP contribution in [-0.2, 0) is 9.47 Å². The van der Waals surface area contributed by atoms with Gasteiger partial charge < -0.3 is 14.4 Å². The highest BCUT2D eigenvalue weighted by Crippen LogP contribution is 2.36. The van der Waals surface area contributed by atoms with Gasteiger partial charge in [-0.3, -0.25) is 14.7 Å². The van der Waals surface area contributed by atoms with Gasteiger partial charge in [-0.15, -0.1) is 6.42 Å². The third-order valence-electron chi connectivity index (χ3n) is 5.88. The summed E-state index contributed by atoms with van der Waals surface area (Å²) in [6, 6.07) is 3.18. The van der Waals surface area contributed by atoms with Crippen molar-refractivity contribution >= 4 is 29.4 Å². The number of nitrogens with zero attached hydrogens (tertiary/aromatic N) is 6. The maximum Gasteiger partial charge on any atom is 0.412 e. The minimum atomic E-state index is -1.08. The first kappa shape index (κ1) is 20.6. The fourth-order valence-electron chi connectivity index (χ4n) is 4.02. The Kier molecular flexibility index (Phi) is 5.17. The molecule has 0 unspecified atom stereocenters. The van der Waals surface area contributed by atoms with Crippen LogP contribution >= 0.6 is 11.6 Å². The fourth-order valence-corrected chi connectivity index (χ4v) is 4.13. The van der Waals surface area contributed by atoms with Crippen molar-refractivity contribution in [2.24, 2.45) is 0 Å². The average molecular weight is 455 g/mol. The minimum Gasteiger partial charge on any atom is -0.419 e. The number of terminal acetylenes is 1. The van der Waals surface area contributed by atoms with Crippen LogP contribution in [0.15, 0.2) is 30.7 Å². The van der Waals surface area contributed by atoms with E-state index >= 15 is 0 Å². The molecule has 0 saturated carbocycles. The molecule has 2 saturated heterocycles. The highest BCUT2D eigenvalue weighted by atomic mass is 35.5. The summed E-state index contributed by atoms with van der Waals surface area (Å²) in [5.41, 5.74) is -0.00800. The molecule has 11 heteroatoms. The fraction of sp³-hybridized carbons (Fsp3) is 0.381. The number of ether oxygens (including phenoxy) is 2. The number of fused-ring (bicyclic) bond motifs is 1. The van der Waals surface area contributed by atoms with E-state index in [0.717, 1.165) is 0 Å². The quantitative estimate of drug-likeness (QED) is 0.640. The smallest absolute Gasteiger partial charge is 0.412 e. The lowest BCUT2D eigenvalue weighted by Gasteiger charge is -2.49. The third-order valence-corrected chi connectivity index (χ3v) is 6.10. The summed E-state index contributed by atoms with van der Waals surface area (Å²) >= 11 is 5.93.